The maximum Gasteiger partial charge on any atom is 0.337 e. The lowest BCUT2D eigenvalue weighted by Gasteiger charge is -2.14. The van der Waals surface area contributed by atoms with E-state index >= 15 is 0 Å². The van der Waals surface area contributed by atoms with E-state index in [0.29, 0.717) is 22.4 Å². The molecule has 0 aliphatic heterocycles. The molecule has 0 heterocycles. The molecule has 154 valence electrons. The largest absolute Gasteiger partial charge is 0.481 e. The smallest absolute Gasteiger partial charge is 0.337 e. The summed E-state index contributed by atoms with van der Waals surface area (Å²) in [4.78, 5) is 11.6. The molecule has 0 spiro atoms. The number of rotatable bonds is 8. The highest BCUT2D eigenvalue weighted by Crippen LogP contribution is 2.27. The molecule has 2 N–H and O–H groups in total. The zero-order valence-corrected chi connectivity index (χ0v) is 18.3. The molecule has 0 saturated heterocycles. The first-order valence-electron chi connectivity index (χ1n) is 8.42. The minimum absolute atomic E-state index is 0.00888. The van der Waals surface area contributed by atoms with E-state index < -0.39 is 21.7 Å². The number of carboxylic acid groups (broad SMARTS) is 1. The molecular weight excluding hydrogens is 462 g/mol. The standard InChI is InChI=1S/C20H20BrNO6S/c1-14-11-15(21)12-18(20(23)24)19(14)22-13-29(25,26)17-7-5-16(6-8-17)28-10-4-3-9-27-2/h5-8,11-12,22H,9-10,13H2,1-2H3,(H,23,24). The Morgan fingerprint density at radius 1 is 1.17 bits per heavy atom. The van der Waals surface area contributed by atoms with Gasteiger partial charge in [0.25, 0.3) is 0 Å². The minimum atomic E-state index is -3.69. The van der Waals surface area contributed by atoms with Crippen molar-refractivity contribution in [2.45, 2.75) is 11.8 Å². The molecule has 0 bridgehead atoms. The lowest BCUT2D eigenvalue weighted by molar-refractivity contribution is 0.0697. The fraction of sp³-hybridized carbons (Fsp3) is 0.250. The van der Waals surface area contributed by atoms with Gasteiger partial charge in [-0.1, -0.05) is 27.8 Å². The molecule has 2 aromatic carbocycles. The lowest BCUT2D eigenvalue weighted by atomic mass is 10.1. The molecule has 0 fully saturated rings. The molecule has 0 unspecified atom stereocenters. The van der Waals surface area contributed by atoms with Crippen LogP contribution in [0.1, 0.15) is 15.9 Å². The first-order valence-corrected chi connectivity index (χ1v) is 10.9. The molecule has 7 nitrogen and oxygen atoms in total. The number of carboxylic acids is 1. The van der Waals surface area contributed by atoms with Crippen LogP contribution in [0.5, 0.6) is 5.75 Å². The number of methoxy groups -OCH3 is 1. The number of sulfone groups is 1. The zero-order valence-electron chi connectivity index (χ0n) is 15.9. The van der Waals surface area contributed by atoms with Crippen LogP contribution < -0.4 is 10.1 Å². The third-order valence-electron chi connectivity index (χ3n) is 3.81. The number of hydrogen-bond donors (Lipinski definition) is 2. The number of halogens is 1. The second-order valence-electron chi connectivity index (χ2n) is 5.93. The fourth-order valence-corrected chi connectivity index (χ4v) is 4.06. The highest BCUT2D eigenvalue weighted by atomic mass is 79.9. The van der Waals surface area contributed by atoms with Crippen LogP contribution >= 0.6 is 15.9 Å². The molecule has 2 rings (SSSR count). The van der Waals surface area contributed by atoms with Gasteiger partial charge in [0.2, 0.25) is 0 Å². The number of carbonyl (C=O) groups is 1. The summed E-state index contributed by atoms with van der Waals surface area (Å²) in [6.07, 6.45) is 0. The predicted octanol–water partition coefficient (Wildman–Crippen LogP) is 3.33. The van der Waals surface area contributed by atoms with Gasteiger partial charge >= 0.3 is 5.97 Å². The molecular formula is C20H20BrNO6S. The summed E-state index contributed by atoms with van der Waals surface area (Å²) >= 11 is 3.24. The third kappa shape index (κ3) is 6.49. The normalized spacial score (nSPS) is 10.7. The van der Waals surface area contributed by atoms with E-state index in [1.165, 1.54) is 18.2 Å². The molecule has 0 aromatic heterocycles. The zero-order chi connectivity index (χ0) is 21.4. The number of aromatic carboxylic acids is 1. The van der Waals surface area contributed by atoms with Gasteiger partial charge in [0, 0.05) is 11.6 Å². The van der Waals surface area contributed by atoms with Crippen molar-refractivity contribution in [3.05, 3.63) is 52.0 Å². The topological polar surface area (TPSA) is 102 Å². The van der Waals surface area contributed by atoms with E-state index in [0.717, 1.165) is 0 Å². The Morgan fingerprint density at radius 2 is 1.83 bits per heavy atom. The van der Waals surface area contributed by atoms with Crippen molar-refractivity contribution >= 4 is 37.4 Å². The number of anilines is 1. The summed E-state index contributed by atoms with van der Waals surface area (Å²) in [5.41, 5.74) is 0.870. The van der Waals surface area contributed by atoms with Crippen LogP contribution in [0.4, 0.5) is 5.69 Å². The van der Waals surface area contributed by atoms with Gasteiger partial charge in [0.1, 0.15) is 24.8 Å². The van der Waals surface area contributed by atoms with E-state index in [9.17, 15) is 18.3 Å². The monoisotopic (exact) mass is 481 g/mol. The van der Waals surface area contributed by atoms with Gasteiger partial charge in [-0.2, -0.15) is 0 Å². The molecule has 0 aliphatic rings. The first kappa shape index (κ1) is 22.7. The summed E-state index contributed by atoms with van der Waals surface area (Å²) < 4.78 is 36.0. The molecule has 0 amide bonds. The van der Waals surface area contributed by atoms with Crippen molar-refractivity contribution in [2.24, 2.45) is 0 Å². The van der Waals surface area contributed by atoms with Crippen LogP contribution in [-0.4, -0.2) is 45.7 Å². The molecule has 0 atom stereocenters. The molecule has 2 aromatic rings. The maximum absolute atomic E-state index is 12.6. The fourth-order valence-electron chi connectivity index (χ4n) is 2.43. The summed E-state index contributed by atoms with van der Waals surface area (Å²) in [6, 6.07) is 9.08. The first-order chi connectivity index (χ1) is 13.7. The number of aryl methyl sites for hydroxylation is 1. The number of hydrogen-bond acceptors (Lipinski definition) is 6. The Morgan fingerprint density at radius 3 is 2.45 bits per heavy atom. The SMILES string of the molecule is COCC#CCOc1ccc(S(=O)(=O)CNc2c(C)cc(Br)cc2C(=O)O)cc1. The van der Waals surface area contributed by atoms with Crippen LogP contribution in [0.2, 0.25) is 0 Å². The van der Waals surface area contributed by atoms with Gasteiger partial charge in [-0.3, -0.25) is 0 Å². The van der Waals surface area contributed by atoms with E-state index in [1.54, 1.807) is 32.2 Å². The second-order valence-corrected chi connectivity index (χ2v) is 8.84. The van der Waals surface area contributed by atoms with E-state index in [-0.39, 0.29) is 22.8 Å². The van der Waals surface area contributed by atoms with Gasteiger partial charge in [0.15, 0.2) is 9.84 Å². The highest BCUT2D eigenvalue weighted by molar-refractivity contribution is 9.10. The Hall–Kier alpha value is -2.54. The van der Waals surface area contributed by atoms with Crippen LogP contribution in [0, 0.1) is 18.8 Å². The average Bonchev–Trinajstić information content (AvgIpc) is 2.67. The van der Waals surface area contributed by atoms with E-state index in [4.69, 9.17) is 9.47 Å². The van der Waals surface area contributed by atoms with Gasteiger partial charge in [0.05, 0.1) is 16.1 Å². The summed E-state index contributed by atoms with van der Waals surface area (Å²) in [6.45, 7) is 2.18. The van der Waals surface area contributed by atoms with E-state index in [1.807, 2.05) is 0 Å². The summed E-state index contributed by atoms with van der Waals surface area (Å²) in [7, 11) is -2.15. The maximum atomic E-state index is 12.6. The second kappa shape index (κ2) is 10.3. The van der Waals surface area contributed by atoms with Crippen molar-refractivity contribution in [3.8, 4) is 17.6 Å². The van der Waals surface area contributed by atoms with Crippen LogP contribution in [0.25, 0.3) is 0 Å². The van der Waals surface area contributed by atoms with Gasteiger partial charge < -0.3 is 19.9 Å². The van der Waals surface area contributed by atoms with Crippen LogP contribution in [0.15, 0.2) is 45.8 Å². The van der Waals surface area contributed by atoms with Crippen molar-refractivity contribution in [2.75, 3.05) is 31.5 Å². The Kier molecular flexibility index (Phi) is 8.08. The van der Waals surface area contributed by atoms with Gasteiger partial charge in [-0.05, 0) is 48.9 Å². The summed E-state index contributed by atoms with van der Waals surface area (Å²) in [5.74, 6) is 4.40. The predicted molar refractivity (Wildman–Crippen MR) is 113 cm³/mol. The molecule has 9 heteroatoms. The minimum Gasteiger partial charge on any atom is -0.481 e. The quantitative estimate of drug-likeness (QED) is 0.557. The number of benzene rings is 2. The Balaban J connectivity index is 2.09. The number of nitrogens with one attached hydrogen (secondary N) is 1. The summed E-state index contributed by atoms with van der Waals surface area (Å²) in [5, 5.41) is 12.1. The third-order valence-corrected chi connectivity index (χ3v) is 5.78. The average molecular weight is 482 g/mol. The van der Waals surface area contributed by atoms with Gasteiger partial charge in [-0.25, -0.2) is 13.2 Å². The molecule has 0 radical (unpaired) electrons. The lowest BCUT2D eigenvalue weighted by Crippen LogP contribution is -2.17. The van der Waals surface area contributed by atoms with Crippen molar-refractivity contribution < 1.29 is 27.8 Å². The Bertz CT molecular complexity index is 1040. The molecule has 0 saturated carbocycles. The number of ether oxygens (including phenoxy) is 2. The van der Waals surface area contributed by atoms with Crippen molar-refractivity contribution in [1.82, 2.24) is 0 Å². The van der Waals surface area contributed by atoms with Crippen LogP contribution in [-0.2, 0) is 14.6 Å². The molecule has 0 aliphatic carbocycles. The van der Waals surface area contributed by atoms with Crippen molar-refractivity contribution in [3.63, 3.8) is 0 Å². The van der Waals surface area contributed by atoms with Crippen molar-refractivity contribution in [1.29, 1.82) is 0 Å². The van der Waals surface area contributed by atoms with Gasteiger partial charge in [-0.15, -0.1) is 0 Å². The Labute approximate surface area is 178 Å². The highest BCUT2D eigenvalue weighted by Gasteiger charge is 2.18. The van der Waals surface area contributed by atoms with Crippen LogP contribution in [0.3, 0.4) is 0 Å². The van der Waals surface area contributed by atoms with E-state index in [2.05, 4.69) is 33.1 Å². The molecule has 29 heavy (non-hydrogen) atoms.